The van der Waals surface area contributed by atoms with E-state index in [-0.39, 0.29) is 5.91 Å². The van der Waals surface area contributed by atoms with Gasteiger partial charge in [-0.1, -0.05) is 0 Å². The number of aryl methyl sites for hydroxylation is 1. The number of hydrogen-bond donors (Lipinski definition) is 0. The topological polar surface area (TPSA) is 80.6 Å². The van der Waals surface area contributed by atoms with Crippen molar-refractivity contribution < 1.29 is 14.3 Å². The second kappa shape index (κ2) is 8.09. The summed E-state index contributed by atoms with van der Waals surface area (Å²) in [5, 5.41) is 0. The largest absolute Gasteiger partial charge is 0.465 e. The van der Waals surface area contributed by atoms with E-state index < -0.39 is 5.97 Å². The molecule has 0 atom stereocenters. The van der Waals surface area contributed by atoms with E-state index in [4.69, 9.17) is 0 Å². The van der Waals surface area contributed by atoms with E-state index in [9.17, 15) is 9.59 Å². The van der Waals surface area contributed by atoms with Crippen LogP contribution in [0.15, 0.2) is 30.7 Å². The Morgan fingerprint density at radius 2 is 2.00 bits per heavy atom. The lowest BCUT2D eigenvalue weighted by Gasteiger charge is -2.21. The van der Waals surface area contributed by atoms with Crippen molar-refractivity contribution >= 4 is 11.9 Å². The average molecular weight is 357 g/mol. The van der Waals surface area contributed by atoms with Crippen LogP contribution in [0.4, 0.5) is 0 Å². The molecule has 26 heavy (non-hydrogen) atoms. The molecule has 0 unspecified atom stereocenters. The Bertz CT molecular complexity index is 771. The summed E-state index contributed by atoms with van der Waals surface area (Å²) >= 11 is 0. The number of aromatic nitrogens is 3. The van der Waals surface area contributed by atoms with Gasteiger partial charge in [0.2, 0.25) is 0 Å². The summed E-state index contributed by atoms with van der Waals surface area (Å²) in [7, 11) is 3.30. The summed E-state index contributed by atoms with van der Waals surface area (Å²) in [6.45, 7) is 3.82. The van der Waals surface area contributed by atoms with Crippen LogP contribution in [0.1, 0.15) is 33.1 Å². The summed E-state index contributed by atoms with van der Waals surface area (Å²) in [6, 6.07) is 3.14. The molecular formula is C18H23N5O3. The van der Waals surface area contributed by atoms with Gasteiger partial charge in [0, 0.05) is 51.8 Å². The molecule has 2 aromatic rings. The molecule has 2 aromatic heterocycles. The van der Waals surface area contributed by atoms with Gasteiger partial charge in [-0.25, -0.2) is 9.78 Å². The molecule has 0 saturated carbocycles. The van der Waals surface area contributed by atoms with Crippen molar-refractivity contribution in [3.05, 3.63) is 47.8 Å². The lowest BCUT2D eigenvalue weighted by atomic mass is 10.2. The highest BCUT2D eigenvalue weighted by atomic mass is 16.5. The highest BCUT2D eigenvalue weighted by Crippen LogP contribution is 2.11. The van der Waals surface area contributed by atoms with Crippen LogP contribution in [0.5, 0.6) is 0 Å². The summed E-state index contributed by atoms with van der Waals surface area (Å²) < 4.78 is 6.66. The lowest BCUT2D eigenvalue weighted by molar-refractivity contribution is 0.0599. The van der Waals surface area contributed by atoms with Crippen molar-refractivity contribution in [2.24, 2.45) is 7.05 Å². The number of rotatable bonds is 4. The number of ether oxygens (including phenoxy) is 1. The maximum Gasteiger partial charge on any atom is 0.339 e. The van der Waals surface area contributed by atoms with Crippen molar-refractivity contribution in [2.45, 2.75) is 13.0 Å². The second-order valence-corrected chi connectivity index (χ2v) is 6.30. The molecule has 0 N–H and O–H groups in total. The summed E-state index contributed by atoms with van der Waals surface area (Å²) in [5.74, 6) is 0.446. The summed E-state index contributed by atoms with van der Waals surface area (Å²) in [5.41, 5.74) is 0.677. The van der Waals surface area contributed by atoms with Crippen LogP contribution in [0.25, 0.3) is 0 Å². The van der Waals surface area contributed by atoms with Crippen LogP contribution in [-0.4, -0.2) is 69.5 Å². The summed E-state index contributed by atoms with van der Waals surface area (Å²) in [6.07, 6.45) is 6.01. The third kappa shape index (κ3) is 4.08. The predicted molar refractivity (Wildman–Crippen MR) is 94.6 cm³/mol. The maximum absolute atomic E-state index is 12.7. The van der Waals surface area contributed by atoms with Crippen molar-refractivity contribution in [1.82, 2.24) is 24.3 Å². The first-order valence-electron chi connectivity index (χ1n) is 8.60. The van der Waals surface area contributed by atoms with Gasteiger partial charge in [-0.3, -0.25) is 14.7 Å². The van der Waals surface area contributed by atoms with Crippen molar-refractivity contribution in [3.8, 4) is 0 Å². The van der Waals surface area contributed by atoms with Gasteiger partial charge in [0.25, 0.3) is 5.91 Å². The highest BCUT2D eigenvalue weighted by molar-refractivity contribution is 5.94. The molecule has 0 aromatic carbocycles. The minimum atomic E-state index is -0.462. The third-order valence-corrected chi connectivity index (χ3v) is 4.57. The minimum absolute atomic E-state index is 0.111. The molecule has 3 rings (SSSR count). The van der Waals surface area contributed by atoms with Gasteiger partial charge in [0.1, 0.15) is 11.5 Å². The molecule has 8 heteroatoms. The molecule has 8 nitrogen and oxygen atoms in total. The quantitative estimate of drug-likeness (QED) is 0.758. The molecule has 1 aliphatic rings. The van der Waals surface area contributed by atoms with Crippen LogP contribution in [-0.2, 0) is 18.3 Å². The van der Waals surface area contributed by atoms with Crippen molar-refractivity contribution in [2.75, 3.05) is 33.3 Å². The number of amides is 1. The first-order valence-corrected chi connectivity index (χ1v) is 8.60. The van der Waals surface area contributed by atoms with E-state index in [2.05, 4.69) is 19.6 Å². The average Bonchev–Trinajstić information content (AvgIpc) is 2.93. The maximum atomic E-state index is 12.7. The third-order valence-electron chi connectivity index (χ3n) is 4.57. The Morgan fingerprint density at radius 3 is 2.65 bits per heavy atom. The molecule has 3 heterocycles. The normalized spacial score (nSPS) is 15.5. The molecular weight excluding hydrogens is 334 g/mol. The van der Waals surface area contributed by atoms with Crippen LogP contribution >= 0.6 is 0 Å². The number of esters is 1. The predicted octanol–water partition coefficient (Wildman–Crippen LogP) is 0.950. The molecule has 0 bridgehead atoms. The second-order valence-electron chi connectivity index (χ2n) is 6.30. The molecule has 138 valence electrons. The summed E-state index contributed by atoms with van der Waals surface area (Å²) in [4.78, 5) is 36.8. The number of hydrogen-bond acceptors (Lipinski definition) is 6. The fourth-order valence-corrected chi connectivity index (χ4v) is 3.00. The Morgan fingerprint density at radius 1 is 1.15 bits per heavy atom. The molecule has 1 fully saturated rings. The smallest absolute Gasteiger partial charge is 0.339 e. The number of pyridine rings is 1. The number of nitrogens with zero attached hydrogens (tertiary/aromatic N) is 5. The number of methoxy groups -OCH3 is 1. The molecule has 1 amide bonds. The molecule has 1 saturated heterocycles. The van der Waals surface area contributed by atoms with E-state index in [0.717, 1.165) is 31.9 Å². The van der Waals surface area contributed by atoms with Gasteiger partial charge in [-0.2, -0.15) is 0 Å². The first-order chi connectivity index (χ1) is 12.6. The Labute approximate surface area is 152 Å². The zero-order valence-corrected chi connectivity index (χ0v) is 15.1. The first kappa shape index (κ1) is 18.1. The Kier molecular flexibility index (Phi) is 5.62. The minimum Gasteiger partial charge on any atom is -0.465 e. The monoisotopic (exact) mass is 357 g/mol. The number of carbonyl (C=O) groups is 2. The highest BCUT2D eigenvalue weighted by Gasteiger charge is 2.22. The fourth-order valence-electron chi connectivity index (χ4n) is 3.00. The molecule has 1 aliphatic heterocycles. The van der Waals surface area contributed by atoms with Crippen LogP contribution in [0, 0.1) is 0 Å². The zero-order chi connectivity index (χ0) is 18.5. The van der Waals surface area contributed by atoms with Crippen LogP contribution in [0.3, 0.4) is 0 Å². The van der Waals surface area contributed by atoms with E-state index in [0.29, 0.717) is 24.3 Å². The molecule has 0 aliphatic carbocycles. The van der Waals surface area contributed by atoms with E-state index in [1.807, 2.05) is 22.7 Å². The van der Waals surface area contributed by atoms with Gasteiger partial charge in [-0.15, -0.1) is 0 Å². The van der Waals surface area contributed by atoms with Crippen LogP contribution < -0.4 is 0 Å². The van der Waals surface area contributed by atoms with Gasteiger partial charge in [0.15, 0.2) is 0 Å². The molecule has 0 spiro atoms. The standard InChI is InChI=1S/C18H23N5O3/c1-21-9-6-19-16(21)13-22-7-3-8-23(11-10-22)17(24)15-5-4-14(12-20-15)18(25)26-2/h4-6,9,12H,3,7-8,10-11,13H2,1-2H3. The lowest BCUT2D eigenvalue weighted by Crippen LogP contribution is -2.35. The van der Waals surface area contributed by atoms with Gasteiger partial charge < -0.3 is 14.2 Å². The Hall–Kier alpha value is -2.74. The Balaban J connectivity index is 1.60. The van der Waals surface area contributed by atoms with Crippen LogP contribution in [0.2, 0.25) is 0 Å². The van der Waals surface area contributed by atoms with Gasteiger partial charge in [-0.05, 0) is 18.6 Å². The number of carbonyl (C=O) groups excluding carboxylic acids is 2. The fraction of sp³-hybridized carbons (Fsp3) is 0.444. The van der Waals surface area contributed by atoms with Crippen molar-refractivity contribution in [3.63, 3.8) is 0 Å². The van der Waals surface area contributed by atoms with E-state index in [1.54, 1.807) is 18.3 Å². The van der Waals surface area contributed by atoms with E-state index >= 15 is 0 Å². The van der Waals surface area contributed by atoms with E-state index in [1.165, 1.54) is 13.3 Å². The zero-order valence-electron chi connectivity index (χ0n) is 15.1. The number of imidazole rings is 1. The SMILES string of the molecule is COC(=O)c1ccc(C(=O)N2CCCN(Cc3nccn3C)CC2)nc1. The van der Waals surface area contributed by atoms with Crippen molar-refractivity contribution in [1.29, 1.82) is 0 Å². The van der Waals surface area contributed by atoms with Gasteiger partial charge >= 0.3 is 5.97 Å². The van der Waals surface area contributed by atoms with Gasteiger partial charge in [0.05, 0.1) is 19.2 Å². The molecule has 0 radical (unpaired) electrons.